The van der Waals surface area contributed by atoms with Gasteiger partial charge in [-0.2, -0.15) is 0 Å². The Labute approximate surface area is 168 Å². The van der Waals surface area contributed by atoms with Crippen molar-refractivity contribution in [2.24, 2.45) is 11.8 Å². The zero-order valence-corrected chi connectivity index (χ0v) is 18.4. The fourth-order valence-electron chi connectivity index (χ4n) is 2.83. The van der Waals surface area contributed by atoms with Crippen LogP contribution in [0.5, 0.6) is 0 Å². The third kappa shape index (κ3) is 8.35. The zero-order valence-electron chi connectivity index (χ0n) is 18.4. The van der Waals surface area contributed by atoms with Gasteiger partial charge < -0.3 is 15.5 Å². The molecule has 28 heavy (non-hydrogen) atoms. The highest BCUT2D eigenvalue weighted by Gasteiger charge is 2.29. The van der Waals surface area contributed by atoms with Gasteiger partial charge in [0.15, 0.2) is 0 Å². The van der Waals surface area contributed by atoms with E-state index in [4.69, 9.17) is 0 Å². The van der Waals surface area contributed by atoms with Crippen molar-refractivity contribution >= 4 is 23.6 Å². The fourth-order valence-corrected chi connectivity index (χ4v) is 2.83. The van der Waals surface area contributed by atoms with E-state index < -0.39 is 29.9 Å². The summed E-state index contributed by atoms with van der Waals surface area (Å²) < 4.78 is 0. The molecule has 0 rings (SSSR count). The number of amides is 4. The van der Waals surface area contributed by atoms with Gasteiger partial charge in [0.2, 0.25) is 23.6 Å². The number of likely N-dealkylation sites (N-methyl/N-ethyl adjacent to an activating group) is 3. The first-order valence-corrected chi connectivity index (χ1v) is 9.68. The maximum atomic E-state index is 12.4. The van der Waals surface area contributed by atoms with Crippen LogP contribution in [0.4, 0.5) is 0 Å². The van der Waals surface area contributed by atoms with Crippen molar-refractivity contribution in [3.8, 4) is 0 Å². The van der Waals surface area contributed by atoms with E-state index in [0.717, 1.165) is 0 Å². The minimum atomic E-state index is -0.740. The number of nitrogens with one attached hydrogen (secondary N) is 4. The van der Waals surface area contributed by atoms with Crippen LogP contribution in [0, 0.1) is 11.8 Å². The van der Waals surface area contributed by atoms with E-state index in [-0.39, 0.29) is 24.3 Å². The average Bonchev–Trinajstić information content (AvgIpc) is 2.62. The molecule has 4 amide bonds. The molecule has 0 aliphatic heterocycles. The van der Waals surface area contributed by atoms with E-state index in [2.05, 4.69) is 21.3 Å². The maximum absolute atomic E-state index is 12.4. The summed E-state index contributed by atoms with van der Waals surface area (Å²) in [7, 11) is 4.75. The second-order valence-corrected chi connectivity index (χ2v) is 7.73. The van der Waals surface area contributed by atoms with Gasteiger partial charge >= 0.3 is 0 Å². The Kier molecular flexibility index (Phi) is 11.6. The van der Waals surface area contributed by atoms with Crippen LogP contribution in [0.2, 0.25) is 0 Å². The standard InChI is InChI=1S/C19H37N5O4/c1-11(2)9-14(20-6)18(27)23-17(26)13(5)22-10-15(25)24(8)16(12(3)4)19(28)21-7/h11-14,16,20,22H,9-10H2,1-8H3,(H,21,28)(H,23,26,27)/t13-,14+,16+/m1/s1. The predicted octanol–water partition coefficient (Wildman–Crippen LogP) is -0.530. The van der Waals surface area contributed by atoms with E-state index in [1.54, 1.807) is 21.0 Å². The Hall–Kier alpha value is -2.00. The Morgan fingerprint density at radius 2 is 1.46 bits per heavy atom. The molecule has 162 valence electrons. The van der Waals surface area contributed by atoms with Crippen molar-refractivity contribution in [2.75, 3.05) is 27.7 Å². The second kappa shape index (κ2) is 12.5. The largest absolute Gasteiger partial charge is 0.357 e. The lowest BCUT2D eigenvalue weighted by Crippen LogP contribution is -2.54. The van der Waals surface area contributed by atoms with Crippen LogP contribution in [0.25, 0.3) is 0 Å². The lowest BCUT2D eigenvalue weighted by Gasteiger charge is -2.30. The predicted molar refractivity (Wildman–Crippen MR) is 108 cm³/mol. The number of carbonyl (C=O) groups is 4. The van der Waals surface area contributed by atoms with E-state index in [1.165, 1.54) is 11.9 Å². The number of carbonyl (C=O) groups excluding carboxylic acids is 4. The van der Waals surface area contributed by atoms with Crippen molar-refractivity contribution in [1.82, 2.24) is 26.2 Å². The molecule has 0 radical (unpaired) electrons. The lowest BCUT2D eigenvalue weighted by atomic mass is 10.0. The molecule has 0 spiro atoms. The van der Waals surface area contributed by atoms with Crippen molar-refractivity contribution in [3.05, 3.63) is 0 Å². The molecule has 0 saturated heterocycles. The van der Waals surface area contributed by atoms with E-state index in [9.17, 15) is 19.2 Å². The molecule has 4 N–H and O–H groups in total. The quantitative estimate of drug-likeness (QED) is 0.371. The minimum Gasteiger partial charge on any atom is -0.357 e. The number of rotatable bonds is 11. The summed E-state index contributed by atoms with van der Waals surface area (Å²) in [5.41, 5.74) is 0. The molecule has 0 fully saturated rings. The van der Waals surface area contributed by atoms with Crippen molar-refractivity contribution in [3.63, 3.8) is 0 Å². The summed E-state index contributed by atoms with van der Waals surface area (Å²) >= 11 is 0. The first-order chi connectivity index (χ1) is 13.0. The van der Waals surface area contributed by atoms with Crippen molar-refractivity contribution in [1.29, 1.82) is 0 Å². The van der Waals surface area contributed by atoms with Crippen LogP contribution in [0.1, 0.15) is 41.0 Å². The van der Waals surface area contributed by atoms with Gasteiger partial charge in [-0.1, -0.05) is 27.7 Å². The van der Waals surface area contributed by atoms with Gasteiger partial charge in [-0.3, -0.25) is 29.8 Å². The van der Waals surface area contributed by atoms with E-state index >= 15 is 0 Å². The number of hydrogen-bond acceptors (Lipinski definition) is 6. The molecule has 0 heterocycles. The maximum Gasteiger partial charge on any atom is 0.243 e. The van der Waals surface area contributed by atoms with E-state index in [1.807, 2.05) is 27.7 Å². The molecular formula is C19H37N5O4. The first kappa shape index (κ1) is 26.0. The molecule has 0 aromatic rings. The van der Waals surface area contributed by atoms with Crippen LogP contribution >= 0.6 is 0 Å². The Bertz CT molecular complexity index is 550. The minimum absolute atomic E-state index is 0.0633. The van der Waals surface area contributed by atoms with Crippen LogP contribution in [-0.2, 0) is 19.2 Å². The van der Waals surface area contributed by atoms with Crippen LogP contribution in [0.15, 0.2) is 0 Å². The second-order valence-electron chi connectivity index (χ2n) is 7.73. The highest BCUT2D eigenvalue weighted by molar-refractivity contribution is 6.00. The molecule has 3 atom stereocenters. The van der Waals surface area contributed by atoms with Gasteiger partial charge in [0, 0.05) is 14.1 Å². The van der Waals surface area contributed by atoms with Crippen molar-refractivity contribution in [2.45, 2.75) is 59.2 Å². The first-order valence-electron chi connectivity index (χ1n) is 9.68. The Morgan fingerprint density at radius 1 is 0.893 bits per heavy atom. The van der Waals surface area contributed by atoms with Gasteiger partial charge in [-0.15, -0.1) is 0 Å². The Balaban J connectivity index is 4.72. The summed E-state index contributed by atoms with van der Waals surface area (Å²) in [6, 6.07) is -1.80. The summed E-state index contributed by atoms with van der Waals surface area (Å²) in [5.74, 6) is -1.22. The SMILES string of the molecule is CNC(=O)[C@H](C(C)C)N(C)C(=O)CN[C@H](C)C(=O)NC(=O)[C@H](CC(C)C)NC. The molecule has 0 saturated carbocycles. The molecular weight excluding hydrogens is 362 g/mol. The molecule has 0 aliphatic rings. The van der Waals surface area contributed by atoms with Crippen molar-refractivity contribution < 1.29 is 19.2 Å². The van der Waals surface area contributed by atoms with Crippen LogP contribution in [0.3, 0.4) is 0 Å². The summed E-state index contributed by atoms with van der Waals surface area (Å²) in [6.45, 7) is 9.15. The lowest BCUT2D eigenvalue weighted by molar-refractivity contribution is -0.140. The molecule has 0 bridgehead atoms. The number of nitrogens with zero attached hydrogens (tertiary/aromatic N) is 1. The normalized spacial score (nSPS) is 14.4. The van der Waals surface area contributed by atoms with Gasteiger partial charge in [0.1, 0.15) is 6.04 Å². The molecule has 0 aromatic carbocycles. The van der Waals surface area contributed by atoms with Gasteiger partial charge in [0.25, 0.3) is 0 Å². The molecule has 0 aromatic heterocycles. The summed E-state index contributed by atoms with van der Waals surface area (Å²) in [5, 5.41) is 10.6. The number of imide groups is 1. The number of hydrogen-bond donors (Lipinski definition) is 4. The monoisotopic (exact) mass is 399 g/mol. The summed E-state index contributed by atoms with van der Waals surface area (Å²) in [4.78, 5) is 50.2. The average molecular weight is 400 g/mol. The highest BCUT2D eigenvalue weighted by Crippen LogP contribution is 2.09. The topological polar surface area (TPSA) is 120 Å². The van der Waals surface area contributed by atoms with Crippen LogP contribution in [-0.4, -0.2) is 74.3 Å². The third-order valence-corrected chi connectivity index (χ3v) is 4.53. The molecule has 0 aliphatic carbocycles. The molecule has 9 nitrogen and oxygen atoms in total. The molecule has 9 heteroatoms. The molecule has 0 unspecified atom stereocenters. The highest BCUT2D eigenvalue weighted by atomic mass is 16.2. The summed E-state index contributed by atoms with van der Waals surface area (Å²) in [6.07, 6.45) is 0.608. The zero-order chi connectivity index (χ0) is 22.0. The smallest absolute Gasteiger partial charge is 0.243 e. The van der Waals surface area contributed by atoms with Gasteiger partial charge in [-0.25, -0.2) is 0 Å². The van der Waals surface area contributed by atoms with Gasteiger partial charge in [-0.05, 0) is 32.2 Å². The third-order valence-electron chi connectivity index (χ3n) is 4.53. The van der Waals surface area contributed by atoms with Gasteiger partial charge in [0.05, 0.1) is 18.6 Å². The van der Waals surface area contributed by atoms with E-state index in [0.29, 0.717) is 12.3 Å². The van der Waals surface area contributed by atoms with Crippen LogP contribution < -0.4 is 21.3 Å². The Morgan fingerprint density at radius 3 is 1.89 bits per heavy atom. The fraction of sp³-hybridized carbons (Fsp3) is 0.789.